The number of allylic oxidation sites excluding steroid dienone is 1. The maximum Gasteiger partial charge on any atom is 2.00 e. The quantitative estimate of drug-likeness (QED) is 0.112. The summed E-state index contributed by atoms with van der Waals surface area (Å²) in [7, 11) is -0.194. The molecule has 0 aliphatic carbocycles. The number of hydrogen-bond donors (Lipinski definition) is 0. The molecule has 1 aliphatic heterocycles. The summed E-state index contributed by atoms with van der Waals surface area (Å²) in [6.45, 7) is 17.4. The molecule has 1 fully saturated rings. The van der Waals surface area contributed by atoms with E-state index in [1.165, 1.54) is 19.9 Å². The Hall–Kier alpha value is -3.46. The Morgan fingerprint density at radius 3 is 1.56 bits per heavy atom. The van der Waals surface area contributed by atoms with E-state index in [9.17, 15) is 9.59 Å². The van der Waals surface area contributed by atoms with E-state index < -0.39 is 17.7 Å². The van der Waals surface area contributed by atoms with E-state index in [0.717, 1.165) is 5.92 Å². The van der Waals surface area contributed by atoms with E-state index in [2.05, 4.69) is 35.5 Å². The molecule has 0 bridgehead atoms. The van der Waals surface area contributed by atoms with Crippen molar-refractivity contribution in [2.45, 2.75) is 26.6 Å². The number of carbonyl (C=O) groups excluding carboxylic acids is 2. The van der Waals surface area contributed by atoms with Gasteiger partial charge in [0.15, 0.2) is 0 Å². The van der Waals surface area contributed by atoms with E-state index in [1.54, 1.807) is 45.7 Å². The normalized spacial score (nSPS) is 13.3. The van der Waals surface area contributed by atoms with Crippen LogP contribution in [-0.2, 0) is 49.4 Å². The van der Waals surface area contributed by atoms with Crippen LogP contribution >= 0.6 is 0 Å². The van der Waals surface area contributed by atoms with Crippen molar-refractivity contribution >= 4 is 19.1 Å². The van der Waals surface area contributed by atoms with Gasteiger partial charge in [-0.25, -0.2) is 24.9 Å². The van der Waals surface area contributed by atoms with Crippen molar-refractivity contribution in [3.05, 3.63) is 99.6 Å². The minimum absolute atomic E-state index is 0. The molecule has 1 aliphatic rings. The first-order chi connectivity index (χ1) is 16.8. The molecule has 1 saturated heterocycles. The number of rotatable bonds is 5. The summed E-state index contributed by atoms with van der Waals surface area (Å²) in [5.74, 6) is -1.80. The second-order valence-corrected chi connectivity index (χ2v) is 7.08. The number of esters is 2. The van der Waals surface area contributed by atoms with Crippen molar-refractivity contribution in [1.82, 2.24) is 29.1 Å². The number of ether oxygens (including phenoxy) is 2. The molecule has 0 amide bonds. The van der Waals surface area contributed by atoms with Crippen molar-refractivity contribution in [2.75, 3.05) is 0 Å². The van der Waals surface area contributed by atoms with Crippen LogP contribution in [0, 0.1) is 32.6 Å². The van der Waals surface area contributed by atoms with Crippen molar-refractivity contribution in [1.29, 1.82) is 0 Å². The second-order valence-electron chi connectivity index (χ2n) is 7.08. The van der Waals surface area contributed by atoms with E-state index in [-0.39, 0.29) is 33.8 Å². The van der Waals surface area contributed by atoms with E-state index in [1.807, 2.05) is 36.8 Å². The topological polar surface area (TPSA) is 146 Å². The van der Waals surface area contributed by atoms with Gasteiger partial charge in [0.2, 0.25) is 0 Å². The van der Waals surface area contributed by atoms with Crippen molar-refractivity contribution in [2.24, 2.45) is 0 Å². The summed E-state index contributed by atoms with van der Waals surface area (Å²) in [6.07, 6.45) is 13.8. The summed E-state index contributed by atoms with van der Waals surface area (Å²) in [5, 5.41) is 12.7. The predicted molar refractivity (Wildman–Crippen MR) is 119 cm³/mol. The zero-order chi connectivity index (χ0) is 26.4. The fraction of sp³-hybridized carbons (Fsp3) is 0.182. The van der Waals surface area contributed by atoms with Crippen LogP contribution in [0.5, 0.6) is 0 Å². The van der Waals surface area contributed by atoms with Crippen molar-refractivity contribution < 1.29 is 49.4 Å². The average molecular weight is 573 g/mol. The number of carbonyl (C=O) groups is 2. The Morgan fingerprint density at radius 1 is 0.917 bits per heavy atom. The van der Waals surface area contributed by atoms with E-state index in [0.29, 0.717) is 0 Å². The number of cyclic esters (lactones) is 2. The van der Waals surface area contributed by atoms with Crippen LogP contribution in [0.2, 0.25) is 0 Å². The number of hydrogen-bond acceptors (Lipinski definition) is 7. The van der Waals surface area contributed by atoms with Crippen LogP contribution in [0.15, 0.2) is 67.0 Å². The third-order valence-corrected chi connectivity index (χ3v) is 3.94. The Balaban J connectivity index is 0.000000586. The maximum absolute atomic E-state index is 11.4. The smallest absolute Gasteiger partial charge is 0.425 e. The minimum Gasteiger partial charge on any atom is -0.425 e. The molecule has 36 heavy (non-hydrogen) atoms. The molecular weight excluding hydrogens is 551 g/mol. The third kappa shape index (κ3) is 9.66. The van der Waals surface area contributed by atoms with Gasteiger partial charge in [-0.3, -0.25) is 0 Å². The molecule has 184 valence electrons. The van der Waals surface area contributed by atoms with Crippen molar-refractivity contribution in [3.63, 3.8) is 0 Å². The molecule has 0 N–H and O–H groups in total. The predicted octanol–water partition coefficient (Wildman–Crippen LogP) is 1.51. The molecule has 3 aromatic heterocycles. The molecule has 12 nitrogen and oxygen atoms in total. The van der Waals surface area contributed by atoms with Gasteiger partial charge in [-0.2, -0.15) is 0 Å². The van der Waals surface area contributed by atoms with Gasteiger partial charge in [-0.05, 0) is 56.1 Å². The van der Waals surface area contributed by atoms with Crippen molar-refractivity contribution in [3.8, 4) is 0 Å². The first kappa shape index (κ1) is 32.5. The third-order valence-electron chi connectivity index (χ3n) is 3.94. The van der Waals surface area contributed by atoms with Gasteiger partial charge in [0.05, 0.1) is 0 Å². The van der Waals surface area contributed by atoms with Gasteiger partial charge < -0.3 is 23.3 Å². The van der Waals surface area contributed by atoms with Gasteiger partial charge in [-0.15, -0.1) is 0 Å². The summed E-state index contributed by atoms with van der Waals surface area (Å²) in [6, 6.07) is 5.62. The van der Waals surface area contributed by atoms with Gasteiger partial charge in [0, 0.05) is 32.4 Å². The monoisotopic (exact) mass is 575 g/mol. The Labute approximate surface area is 223 Å². The van der Waals surface area contributed by atoms with E-state index in [4.69, 9.17) is 18.8 Å². The molecule has 4 radical (unpaired) electrons. The summed E-state index contributed by atoms with van der Waals surface area (Å²) < 4.78 is 30.2. The molecule has 0 atom stereocenters. The molecule has 0 spiro atoms. The van der Waals surface area contributed by atoms with Crippen LogP contribution in [-0.4, -0.2) is 53.9 Å². The second kappa shape index (κ2) is 16.3. The Bertz CT molecular complexity index is 999. The molecular formula is C22H22BMoN6O6+. The molecule has 0 unspecified atom stereocenters. The van der Waals surface area contributed by atoms with Gasteiger partial charge >= 0.3 is 55.6 Å². The largest absolute Gasteiger partial charge is 2.00 e. The van der Waals surface area contributed by atoms with Crippen LogP contribution < -0.4 is 0 Å². The molecule has 14 heteroatoms. The fourth-order valence-corrected chi connectivity index (χ4v) is 2.64. The van der Waals surface area contributed by atoms with Crippen LogP contribution in [0.3, 0.4) is 0 Å². The molecule has 3 aromatic rings. The van der Waals surface area contributed by atoms with Gasteiger partial charge in [0.1, 0.15) is 5.57 Å². The standard InChI is InChI=1S/C11H13O4.C9H9BN6.2CO.Mo/c1-7(2)5-6-8-9(12)14-11(3,4)15-10(8)13;1-4-11-14(7-1)10(15-8-2-5-12-15)16-9-3-6-13-16;2*1-2;/h5-6H,1H2,2-4H3;1-9H;;;/q;-1;;;+2. The summed E-state index contributed by atoms with van der Waals surface area (Å²) in [4.78, 5) is 22.8. The van der Waals surface area contributed by atoms with Crippen LogP contribution in [0.4, 0.5) is 0 Å². The Morgan fingerprint density at radius 2 is 1.28 bits per heavy atom. The first-order valence-corrected chi connectivity index (χ1v) is 9.82. The number of aromatic nitrogens is 6. The minimum atomic E-state index is -1.19. The summed E-state index contributed by atoms with van der Waals surface area (Å²) >= 11 is 0. The molecule has 0 aromatic carbocycles. The van der Waals surface area contributed by atoms with Crippen LogP contribution in [0.25, 0.3) is 0 Å². The molecule has 0 saturated carbocycles. The zero-order valence-electron chi connectivity index (χ0n) is 19.7. The molecule has 4 heterocycles. The average Bonchev–Trinajstić information content (AvgIpc) is 3.61. The fourth-order valence-electron chi connectivity index (χ4n) is 2.64. The summed E-state index contributed by atoms with van der Waals surface area (Å²) in [5.41, 5.74) is -0.114. The maximum atomic E-state index is 11.4. The zero-order valence-corrected chi connectivity index (χ0v) is 21.7. The van der Waals surface area contributed by atoms with Gasteiger partial charge in [0.25, 0.3) is 12.9 Å². The van der Waals surface area contributed by atoms with Gasteiger partial charge in [-0.1, -0.05) is 13.0 Å². The Kier molecular flexibility index (Phi) is 14.7. The SMILES string of the molecule is [C-]#[O+].[C-]#[O+].[CH2][C](C)[CH]C=C1C(=O)OC(C)(C)OC1=O.[Mo+2].c1cnn([B-](n2cccn2)n2cccn2)c1. The molecule has 4 rings (SSSR count). The van der Waals surface area contributed by atoms with E-state index >= 15 is 0 Å². The number of nitrogens with zero attached hydrogens (tertiary/aromatic N) is 6. The van der Waals surface area contributed by atoms with Crippen LogP contribution in [0.1, 0.15) is 20.8 Å². The first-order valence-electron chi connectivity index (χ1n) is 9.82.